The number of hydrogen-bond donors (Lipinski definition) is 1. The summed E-state index contributed by atoms with van der Waals surface area (Å²) >= 11 is 0. The summed E-state index contributed by atoms with van der Waals surface area (Å²) in [6.07, 6.45) is 6.95. The smallest absolute Gasteiger partial charge is 0.303 e. The highest BCUT2D eigenvalue weighted by molar-refractivity contribution is 5.66. The molecule has 0 radical (unpaired) electrons. The molecule has 1 aromatic rings. The van der Waals surface area contributed by atoms with Crippen molar-refractivity contribution in [2.45, 2.75) is 25.2 Å². The monoisotopic (exact) mass is 242 g/mol. The Labute approximate surface area is 107 Å². The lowest BCUT2D eigenvalue weighted by Crippen LogP contribution is -2.19. The topological polar surface area (TPSA) is 37.3 Å². The van der Waals surface area contributed by atoms with Gasteiger partial charge in [0.2, 0.25) is 0 Å². The molecule has 4 atom stereocenters. The van der Waals surface area contributed by atoms with Crippen LogP contribution in [0.4, 0.5) is 0 Å². The number of aliphatic carboxylic acids is 1. The molecule has 0 aliphatic heterocycles. The lowest BCUT2D eigenvalue weighted by Gasteiger charge is -2.28. The van der Waals surface area contributed by atoms with Crippen molar-refractivity contribution >= 4 is 5.97 Å². The zero-order valence-corrected chi connectivity index (χ0v) is 10.3. The molecule has 2 bridgehead atoms. The van der Waals surface area contributed by atoms with E-state index < -0.39 is 5.97 Å². The van der Waals surface area contributed by atoms with E-state index in [4.69, 9.17) is 5.11 Å². The molecule has 4 unspecified atom stereocenters. The zero-order chi connectivity index (χ0) is 12.5. The molecule has 2 aliphatic carbocycles. The number of benzene rings is 1. The predicted molar refractivity (Wildman–Crippen MR) is 70.3 cm³/mol. The van der Waals surface area contributed by atoms with Gasteiger partial charge in [-0.1, -0.05) is 42.5 Å². The number of fused-ring (bicyclic) bond motifs is 2. The first kappa shape index (κ1) is 11.5. The number of allylic oxidation sites excluding steroid dienone is 2. The Morgan fingerprint density at radius 3 is 2.61 bits per heavy atom. The highest BCUT2D eigenvalue weighted by Gasteiger charge is 2.44. The van der Waals surface area contributed by atoms with Gasteiger partial charge in [-0.3, -0.25) is 4.79 Å². The van der Waals surface area contributed by atoms with Gasteiger partial charge in [0.15, 0.2) is 0 Å². The van der Waals surface area contributed by atoms with Gasteiger partial charge in [0.05, 0.1) is 0 Å². The molecule has 2 aliphatic rings. The zero-order valence-electron chi connectivity index (χ0n) is 10.3. The van der Waals surface area contributed by atoms with Crippen LogP contribution in [0.15, 0.2) is 42.5 Å². The largest absolute Gasteiger partial charge is 0.481 e. The third-order valence-corrected chi connectivity index (χ3v) is 4.50. The molecule has 1 N–H and O–H groups in total. The SMILES string of the molecule is O=C(O)CCC1C2C=CC(C2)C1c1ccccc1. The minimum absolute atomic E-state index is 0.297. The standard InChI is InChI=1S/C16H18O2/c17-15(18)9-8-14-12-6-7-13(10-12)16(14)11-4-2-1-3-5-11/h1-7,12-14,16H,8-10H2,(H,17,18). The fourth-order valence-corrected chi connectivity index (χ4v) is 3.78. The van der Waals surface area contributed by atoms with Crippen molar-refractivity contribution in [2.24, 2.45) is 17.8 Å². The maximum Gasteiger partial charge on any atom is 0.303 e. The van der Waals surface area contributed by atoms with E-state index in [0.29, 0.717) is 30.1 Å². The summed E-state index contributed by atoms with van der Waals surface area (Å²) in [7, 11) is 0. The first-order valence-electron chi connectivity index (χ1n) is 6.71. The first-order valence-corrected chi connectivity index (χ1v) is 6.71. The van der Waals surface area contributed by atoms with Crippen LogP contribution in [0.25, 0.3) is 0 Å². The Morgan fingerprint density at radius 2 is 1.89 bits per heavy atom. The van der Waals surface area contributed by atoms with Crippen molar-refractivity contribution in [3.8, 4) is 0 Å². The normalized spacial score (nSPS) is 32.9. The van der Waals surface area contributed by atoms with Gasteiger partial charge in [0, 0.05) is 6.42 Å². The molecule has 1 saturated carbocycles. The van der Waals surface area contributed by atoms with Crippen LogP contribution in [0.2, 0.25) is 0 Å². The van der Waals surface area contributed by atoms with Crippen LogP contribution in [0.1, 0.15) is 30.7 Å². The molecule has 3 rings (SSSR count). The van der Waals surface area contributed by atoms with Gasteiger partial charge < -0.3 is 5.11 Å². The number of carboxylic acid groups (broad SMARTS) is 1. The minimum atomic E-state index is -0.673. The maximum absolute atomic E-state index is 10.8. The predicted octanol–water partition coefficient (Wildman–Crippen LogP) is 3.46. The summed E-state index contributed by atoms with van der Waals surface area (Å²) in [5, 5.41) is 8.88. The van der Waals surface area contributed by atoms with E-state index in [-0.39, 0.29) is 0 Å². The summed E-state index contributed by atoms with van der Waals surface area (Å²) in [5.41, 5.74) is 1.38. The quantitative estimate of drug-likeness (QED) is 0.821. The lowest BCUT2D eigenvalue weighted by atomic mass is 9.76. The minimum Gasteiger partial charge on any atom is -0.481 e. The molecule has 0 heterocycles. The second-order valence-corrected chi connectivity index (χ2v) is 5.48. The van der Waals surface area contributed by atoms with E-state index in [0.717, 1.165) is 6.42 Å². The first-order chi connectivity index (χ1) is 8.75. The summed E-state index contributed by atoms with van der Waals surface area (Å²) in [6, 6.07) is 10.6. The summed E-state index contributed by atoms with van der Waals surface area (Å²) < 4.78 is 0. The molecule has 1 aromatic carbocycles. The Kier molecular flexibility index (Phi) is 2.94. The fourth-order valence-electron chi connectivity index (χ4n) is 3.78. The van der Waals surface area contributed by atoms with E-state index in [1.54, 1.807) is 0 Å². The van der Waals surface area contributed by atoms with E-state index in [2.05, 4.69) is 36.4 Å². The molecule has 0 spiro atoms. The molecule has 18 heavy (non-hydrogen) atoms. The summed E-state index contributed by atoms with van der Waals surface area (Å²) in [6.45, 7) is 0. The van der Waals surface area contributed by atoms with E-state index in [1.807, 2.05) is 6.07 Å². The fraction of sp³-hybridized carbons (Fsp3) is 0.438. The molecular weight excluding hydrogens is 224 g/mol. The third kappa shape index (κ3) is 1.96. The van der Waals surface area contributed by atoms with Crippen molar-refractivity contribution in [3.05, 3.63) is 48.0 Å². The lowest BCUT2D eigenvalue weighted by molar-refractivity contribution is -0.137. The number of rotatable bonds is 4. The maximum atomic E-state index is 10.8. The average molecular weight is 242 g/mol. The Bertz CT molecular complexity index is 463. The van der Waals surface area contributed by atoms with Gasteiger partial charge in [-0.15, -0.1) is 0 Å². The highest BCUT2D eigenvalue weighted by atomic mass is 16.4. The molecule has 94 valence electrons. The average Bonchev–Trinajstić information content (AvgIpc) is 2.97. The molecule has 0 amide bonds. The summed E-state index contributed by atoms with van der Waals surface area (Å²) in [4.78, 5) is 10.8. The van der Waals surface area contributed by atoms with E-state index in [1.165, 1.54) is 12.0 Å². The van der Waals surface area contributed by atoms with Gasteiger partial charge in [0.1, 0.15) is 0 Å². The van der Waals surface area contributed by atoms with Crippen LogP contribution in [0.5, 0.6) is 0 Å². The second kappa shape index (κ2) is 4.60. The van der Waals surface area contributed by atoms with Crippen LogP contribution in [-0.4, -0.2) is 11.1 Å². The van der Waals surface area contributed by atoms with Gasteiger partial charge in [-0.05, 0) is 42.1 Å². The van der Waals surface area contributed by atoms with Gasteiger partial charge in [-0.25, -0.2) is 0 Å². The van der Waals surface area contributed by atoms with Crippen LogP contribution in [-0.2, 0) is 4.79 Å². The van der Waals surface area contributed by atoms with Crippen molar-refractivity contribution in [1.29, 1.82) is 0 Å². The molecular formula is C16H18O2. The number of hydrogen-bond acceptors (Lipinski definition) is 1. The Hall–Kier alpha value is -1.57. The second-order valence-electron chi connectivity index (χ2n) is 5.48. The molecule has 2 nitrogen and oxygen atoms in total. The van der Waals surface area contributed by atoms with Gasteiger partial charge in [0.25, 0.3) is 0 Å². The van der Waals surface area contributed by atoms with Gasteiger partial charge >= 0.3 is 5.97 Å². The van der Waals surface area contributed by atoms with Crippen LogP contribution in [0.3, 0.4) is 0 Å². The molecule has 2 heteroatoms. The van der Waals surface area contributed by atoms with Crippen LogP contribution >= 0.6 is 0 Å². The number of carbonyl (C=O) groups is 1. The van der Waals surface area contributed by atoms with Crippen molar-refractivity contribution in [2.75, 3.05) is 0 Å². The number of carboxylic acids is 1. The van der Waals surface area contributed by atoms with E-state index >= 15 is 0 Å². The summed E-state index contributed by atoms with van der Waals surface area (Å²) in [5.74, 6) is 1.59. The van der Waals surface area contributed by atoms with Crippen molar-refractivity contribution in [1.82, 2.24) is 0 Å². The highest BCUT2D eigenvalue weighted by Crippen LogP contribution is 2.54. The molecule has 0 saturated heterocycles. The Balaban J connectivity index is 1.83. The Morgan fingerprint density at radius 1 is 1.17 bits per heavy atom. The van der Waals surface area contributed by atoms with Crippen LogP contribution < -0.4 is 0 Å². The van der Waals surface area contributed by atoms with Gasteiger partial charge in [-0.2, -0.15) is 0 Å². The van der Waals surface area contributed by atoms with Crippen molar-refractivity contribution in [3.63, 3.8) is 0 Å². The van der Waals surface area contributed by atoms with E-state index in [9.17, 15) is 4.79 Å². The third-order valence-electron chi connectivity index (χ3n) is 4.50. The van der Waals surface area contributed by atoms with Crippen molar-refractivity contribution < 1.29 is 9.90 Å². The van der Waals surface area contributed by atoms with Crippen LogP contribution in [0, 0.1) is 17.8 Å². The molecule has 0 aromatic heterocycles. The molecule has 1 fully saturated rings.